The number of aromatic nitrogens is 1. The van der Waals surface area contributed by atoms with Crippen molar-refractivity contribution in [1.29, 1.82) is 5.26 Å². The van der Waals surface area contributed by atoms with E-state index in [-0.39, 0.29) is 27.0 Å². The molecule has 0 fully saturated rings. The van der Waals surface area contributed by atoms with Gasteiger partial charge in [0.1, 0.15) is 16.8 Å². The van der Waals surface area contributed by atoms with E-state index in [2.05, 4.69) is 4.98 Å². The molecule has 0 radical (unpaired) electrons. The molecule has 0 aliphatic heterocycles. The van der Waals surface area contributed by atoms with E-state index in [0.29, 0.717) is 0 Å². The number of benzene rings is 1. The van der Waals surface area contributed by atoms with Gasteiger partial charge in [-0.05, 0) is 18.2 Å². The number of hydrogen-bond donors (Lipinski definition) is 1. The minimum absolute atomic E-state index is 0.0516. The summed E-state index contributed by atoms with van der Waals surface area (Å²) in [6.45, 7) is 0. The van der Waals surface area contributed by atoms with Gasteiger partial charge >= 0.3 is 0 Å². The lowest BCUT2D eigenvalue weighted by molar-refractivity contribution is 0.594. The van der Waals surface area contributed by atoms with Crippen molar-refractivity contribution in [2.45, 2.75) is 4.90 Å². The third-order valence-electron chi connectivity index (χ3n) is 2.87. The Hall–Kier alpha value is -2.30. The molecule has 0 amide bonds. The lowest BCUT2D eigenvalue weighted by atomic mass is 10.2. The molecule has 0 aliphatic carbocycles. The van der Waals surface area contributed by atoms with Gasteiger partial charge in [-0.25, -0.2) is 13.4 Å². The highest BCUT2D eigenvalue weighted by Gasteiger charge is 2.24. The van der Waals surface area contributed by atoms with Crippen molar-refractivity contribution in [3.8, 4) is 6.07 Å². The van der Waals surface area contributed by atoms with E-state index in [1.807, 2.05) is 6.07 Å². The zero-order valence-corrected chi connectivity index (χ0v) is 12.6. The molecule has 0 saturated carbocycles. The highest BCUT2D eigenvalue weighted by molar-refractivity contribution is 7.92. The lowest BCUT2D eigenvalue weighted by Crippen LogP contribution is -2.27. The molecule has 0 atom stereocenters. The van der Waals surface area contributed by atoms with E-state index in [1.165, 1.54) is 19.2 Å². The summed E-state index contributed by atoms with van der Waals surface area (Å²) in [5.74, 6) is 0.0516. The Kier molecular flexibility index (Phi) is 4.02. The Bertz CT molecular complexity index is 830. The summed E-state index contributed by atoms with van der Waals surface area (Å²) in [6, 6.07) is 9.57. The maximum Gasteiger partial charge on any atom is 0.265 e. The van der Waals surface area contributed by atoms with Crippen LogP contribution in [0.1, 0.15) is 5.56 Å². The molecule has 0 saturated heterocycles. The number of rotatable bonds is 3. The zero-order valence-electron chi connectivity index (χ0n) is 11.0. The van der Waals surface area contributed by atoms with Crippen LogP contribution in [-0.2, 0) is 10.0 Å². The third kappa shape index (κ3) is 2.77. The monoisotopic (exact) mass is 322 g/mol. The van der Waals surface area contributed by atoms with Crippen LogP contribution in [0.15, 0.2) is 41.4 Å². The van der Waals surface area contributed by atoms with Crippen LogP contribution < -0.4 is 10.0 Å². The summed E-state index contributed by atoms with van der Waals surface area (Å²) in [4.78, 5) is 3.64. The smallest absolute Gasteiger partial charge is 0.265 e. The van der Waals surface area contributed by atoms with Gasteiger partial charge in [-0.3, -0.25) is 4.31 Å². The van der Waals surface area contributed by atoms with E-state index in [1.54, 1.807) is 18.2 Å². The second kappa shape index (κ2) is 5.60. The van der Waals surface area contributed by atoms with Crippen LogP contribution in [-0.4, -0.2) is 20.4 Å². The molecular formula is C13H11ClN4O2S. The van der Waals surface area contributed by atoms with Gasteiger partial charge in [0, 0.05) is 13.2 Å². The Balaban J connectivity index is 2.53. The standard InChI is InChI=1S/C13H11ClN4O2S/c1-18(12-5-3-2-4-9(12)7-15)21(19,20)10-6-11(14)13(16)17-8-10/h2-6,8H,1H3,(H2,16,17). The number of halogens is 1. The maximum atomic E-state index is 12.5. The summed E-state index contributed by atoms with van der Waals surface area (Å²) < 4.78 is 26.1. The summed E-state index contributed by atoms with van der Waals surface area (Å²) in [5.41, 5.74) is 5.99. The molecule has 1 aromatic heterocycles. The minimum Gasteiger partial charge on any atom is -0.382 e. The van der Waals surface area contributed by atoms with Crippen molar-refractivity contribution in [3.05, 3.63) is 47.1 Å². The highest BCUT2D eigenvalue weighted by atomic mass is 35.5. The minimum atomic E-state index is -3.88. The first-order chi connectivity index (χ1) is 9.87. The van der Waals surface area contributed by atoms with Gasteiger partial charge in [-0.1, -0.05) is 23.7 Å². The van der Waals surface area contributed by atoms with Crippen molar-refractivity contribution in [3.63, 3.8) is 0 Å². The molecule has 21 heavy (non-hydrogen) atoms. The van der Waals surface area contributed by atoms with Crippen LogP contribution in [0.3, 0.4) is 0 Å². The molecule has 0 spiro atoms. The molecule has 6 nitrogen and oxygen atoms in total. The van der Waals surface area contributed by atoms with Crippen molar-refractivity contribution in [2.24, 2.45) is 0 Å². The van der Waals surface area contributed by atoms with Crippen LogP contribution in [0.4, 0.5) is 11.5 Å². The van der Waals surface area contributed by atoms with Crippen molar-refractivity contribution in [1.82, 2.24) is 4.98 Å². The van der Waals surface area contributed by atoms with Gasteiger partial charge in [0.05, 0.1) is 16.3 Å². The average molecular weight is 323 g/mol. The topological polar surface area (TPSA) is 100 Å². The lowest BCUT2D eigenvalue weighted by Gasteiger charge is -2.20. The van der Waals surface area contributed by atoms with Gasteiger partial charge in [0.2, 0.25) is 0 Å². The number of nitrogens with two attached hydrogens (primary N) is 1. The molecule has 1 heterocycles. The van der Waals surface area contributed by atoms with Crippen molar-refractivity contribution in [2.75, 3.05) is 17.1 Å². The Morgan fingerprint density at radius 1 is 1.38 bits per heavy atom. The van der Waals surface area contributed by atoms with Crippen LogP contribution in [0.25, 0.3) is 0 Å². The molecule has 1 aromatic carbocycles. The fourth-order valence-corrected chi connectivity index (χ4v) is 3.12. The van der Waals surface area contributed by atoms with Crippen LogP contribution >= 0.6 is 11.6 Å². The summed E-state index contributed by atoms with van der Waals surface area (Å²) >= 11 is 5.81. The molecule has 2 rings (SSSR count). The predicted molar refractivity (Wildman–Crippen MR) is 80.4 cm³/mol. The predicted octanol–water partition coefficient (Wildman–Crippen LogP) is 2.01. The number of sulfonamides is 1. The molecule has 0 bridgehead atoms. The van der Waals surface area contributed by atoms with Crippen LogP contribution in [0.5, 0.6) is 0 Å². The van der Waals surface area contributed by atoms with Crippen molar-refractivity contribution < 1.29 is 8.42 Å². The second-order valence-electron chi connectivity index (χ2n) is 4.14. The van der Waals surface area contributed by atoms with E-state index < -0.39 is 10.0 Å². The number of nitrogens with zero attached hydrogens (tertiary/aromatic N) is 3. The van der Waals surface area contributed by atoms with E-state index in [4.69, 9.17) is 22.6 Å². The van der Waals surface area contributed by atoms with E-state index in [0.717, 1.165) is 10.5 Å². The Morgan fingerprint density at radius 3 is 2.67 bits per heavy atom. The molecule has 2 N–H and O–H groups in total. The summed E-state index contributed by atoms with van der Waals surface area (Å²) in [7, 11) is -2.53. The second-order valence-corrected chi connectivity index (χ2v) is 6.52. The number of pyridine rings is 1. The molecule has 108 valence electrons. The highest BCUT2D eigenvalue weighted by Crippen LogP contribution is 2.27. The SMILES string of the molecule is CN(c1ccccc1C#N)S(=O)(=O)c1cnc(N)c(Cl)c1. The van der Waals surface area contributed by atoms with Gasteiger partial charge in [0.25, 0.3) is 10.0 Å². The molecule has 0 unspecified atom stereocenters. The Morgan fingerprint density at radius 2 is 2.05 bits per heavy atom. The molecular weight excluding hydrogens is 312 g/mol. The maximum absolute atomic E-state index is 12.5. The number of para-hydroxylation sites is 1. The van der Waals surface area contributed by atoms with Gasteiger partial charge < -0.3 is 5.73 Å². The summed E-state index contributed by atoms with van der Waals surface area (Å²) in [5, 5.41) is 9.12. The van der Waals surface area contributed by atoms with E-state index >= 15 is 0 Å². The fraction of sp³-hybridized carbons (Fsp3) is 0.0769. The first-order valence-corrected chi connectivity index (χ1v) is 7.59. The molecule has 2 aromatic rings. The van der Waals surface area contributed by atoms with Gasteiger partial charge in [-0.2, -0.15) is 5.26 Å². The molecule has 0 aliphatic rings. The quantitative estimate of drug-likeness (QED) is 0.931. The van der Waals surface area contributed by atoms with E-state index in [9.17, 15) is 8.42 Å². The van der Waals surface area contributed by atoms with Crippen LogP contribution in [0.2, 0.25) is 5.02 Å². The number of nitrogen functional groups attached to an aromatic ring is 1. The van der Waals surface area contributed by atoms with Gasteiger partial charge in [-0.15, -0.1) is 0 Å². The van der Waals surface area contributed by atoms with Gasteiger partial charge in [0.15, 0.2) is 0 Å². The fourth-order valence-electron chi connectivity index (χ4n) is 1.70. The first-order valence-electron chi connectivity index (χ1n) is 5.77. The normalized spacial score (nSPS) is 10.9. The zero-order chi connectivity index (χ0) is 15.6. The average Bonchev–Trinajstić information content (AvgIpc) is 2.49. The largest absolute Gasteiger partial charge is 0.382 e. The van der Waals surface area contributed by atoms with Crippen molar-refractivity contribution >= 4 is 33.1 Å². The first kappa shape index (κ1) is 15.1. The number of hydrogen-bond acceptors (Lipinski definition) is 5. The third-order valence-corrected chi connectivity index (χ3v) is 4.91. The van der Waals surface area contributed by atoms with Crippen LogP contribution in [0, 0.1) is 11.3 Å². The molecule has 8 heteroatoms. The number of anilines is 2. The summed E-state index contributed by atoms with van der Waals surface area (Å²) in [6.07, 6.45) is 1.13. The number of nitriles is 1. The Labute approximate surface area is 127 Å².